The van der Waals surface area contributed by atoms with Crippen molar-refractivity contribution >= 4 is 29.6 Å². The number of nitrogens with one attached hydrogen (secondary N) is 5. The van der Waals surface area contributed by atoms with Crippen LogP contribution in [0, 0.1) is 0 Å². The summed E-state index contributed by atoms with van der Waals surface area (Å²) in [7, 11) is 0. The van der Waals surface area contributed by atoms with Gasteiger partial charge in [0.15, 0.2) is 0 Å². The molecule has 13 heteroatoms. The molecular formula is C25H31N5O8. The maximum atomic E-state index is 13.2. The minimum atomic E-state index is -1.54. The molecule has 13 nitrogen and oxygen atoms in total. The van der Waals surface area contributed by atoms with Crippen molar-refractivity contribution in [3.63, 3.8) is 0 Å². The number of hydrogen-bond acceptors (Lipinski definition) is 8. The molecule has 0 bridgehead atoms. The average molecular weight is 530 g/mol. The van der Waals surface area contributed by atoms with Crippen molar-refractivity contribution in [3.8, 4) is 0 Å². The maximum Gasteiger partial charge on any atom is 0.355 e. The van der Waals surface area contributed by atoms with Crippen LogP contribution in [-0.4, -0.2) is 87.8 Å². The number of aromatic amines is 1. The predicted molar refractivity (Wildman–Crippen MR) is 132 cm³/mol. The smallest absolute Gasteiger partial charge is 0.355 e. The molecule has 4 amide bonds. The van der Waals surface area contributed by atoms with Crippen molar-refractivity contribution in [1.29, 1.82) is 0 Å². The zero-order valence-corrected chi connectivity index (χ0v) is 20.8. The molecule has 7 N–H and O–H groups in total. The number of H-pyrrole nitrogens is 1. The van der Waals surface area contributed by atoms with E-state index in [1.807, 2.05) is 0 Å². The molecule has 1 saturated heterocycles. The van der Waals surface area contributed by atoms with E-state index in [2.05, 4.69) is 26.3 Å². The summed E-state index contributed by atoms with van der Waals surface area (Å²) in [4.78, 5) is 67.4. The van der Waals surface area contributed by atoms with Crippen molar-refractivity contribution in [2.24, 2.45) is 0 Å². The molecule has 0 radical (unpaired) electrons. The van der Waals surface area contributed by atoms with Gasteiger partial charge in [-0.25, -0.2) is 4.79 Å². The second-order valence-corrected chi connectivity index (χ2v) is 8.90. The van der Waals surface area contributed by atoms with Crippen LogP contribution in [0.15, 0.2) is 48.7 Å². The zero-order chi connectivity index (χ0) is 27.8. The van der Waals surface area contributed by atoms with Crippen LogP contribution in [0.25, 0.3) is 0 Å². The summed E-state index contributed by atoms with van der Waals surface area (Å²) in [6.07, 6.45) is -1.11. The van der Waals surface area contributed by atoms with Gasteiger partial charge in [0.2, 0.25) is 23.6 Å². The van der Waals surface area contributed by atoms with Crippen LogP contribution in [0.4, 0.5) is 0 Å². The molecule has 1 aliphatic heterocycles. The Morgan fingerprint density at radius 1 is 0.842 bits per heavy atom. The van der Waals surface area contributed by atoms with Crippen LogP contribution in [0.3, 0.4) is 0 Å². The third kappa shape index (κ3) is 7.17. The fourth-order valence-electron chi connectivity index (χ4n) is 3.84. The Kier molecular flexibility index (Phi) is 9.57. The highest BCUT2D eigenvalue weighted by Gasteiger charge is 2.38. The molecule has 2 aromatic rings. The summed E-state index contributed by atoms with van der Waals surface area (Å²) >= 11 is 0. The Morgan fingerprint density at radius 3 is 2.05 bits per heavy atom. The van der Waals surface area contributed by atoms with Crippen molar-refractivity contribution in [3.05, 3.63) is 59.9 Å². The highest BCUT2D eigenvalue weighted by atomic mass is 16.5. The first-order chi connectivity index (χ1) is 18.1. The molecule has 2 heterocycles. The monoisotopic (exact) mass is 529 g/mol. The van der Waals surface area contributed by atoms with Crippen LogP contribution in [-0.2, 0) is 30.3 Å². The molecule has 0 spiro atoms. The minimum Gasteiger partial charge on any atom is -0.455 e. The van der Waals surface area contributed by atoms with Gasteiger partial charge in [-0.05, 0) is 31.5 Å². The Labute approximate surface area is 218 Å². The Bertz CT molecular complexity index is 1140. The molecular weight excluding hydrogens is 498 g/mol. The minimum absolute atomic E-state index is 0.0347. The summed E-state index contributed by atoms with van der Waals surface area (Å²) in [5.41, 5.74) is 0.795. The molecule has 1 aliphatic rings. The third-order valence-electron chi connectivity index (χ3n) is 5.95. The maximum absolute atomic E-state index is 13.2. The number of hydrogen-bond donors (Lipinski definition) is 7. The second kappa shape index (κ2) is 12.8. The summed E-state index contributed by atoms with van der Waals surface area (Å²) < 4.78 is 5.31. The number of ether oxygens (including phenoxy) is 1. The largest absolute Gasteiger partial charge is 0.455 e. The van der Waals surface area contributed by atoms with Crippen LogP contribution < -0.4 is 21.3 Å². The van der Waals surface area contributed by atoms with Crippen LogP contribution >= 0.6 is 0 Å². The number of aromatic nitrogens is 1. The number of aliphatic hydroxyl groups excluding tert-OH is 2. The summed E-state index contributed by atoms with van der Waals surface area (Å²) in [5, 5.41) is 29.7. The first kappa shape index (κ1) is 28.3. The normalized spacial score (nSPS) is 24.4. The predicted octanol–water partition coefficient (Wildman–Crippen LogP) is -1.87. The summed E-state index contributed by atoms with van der Waals surface area (Å²) in [5.74, 6) is -4.30. The van der Waals surface area contributed by atoms with Crippen LogP contribution in [0.1, 0.15) is 29.9 Å². The Hall–Kier alpha value is -4.23. The van der Waals surface area contributed by atoms with Crippen molar-refractivity contribution in [2.45, 2.75) is 56.6 Å². The number of aliphatic hydroxyl groups is 2. The van der Waals surface area contributed by atoms with E-state index in [9.17, 15) is 34.2 Å². The molecule has 0 saturated carbocycles. The lowest BCUT2D eigenvalue weighted by Gasteiger charge is -2.31. The van der Waals surface area contributed by atoms with Crippen molar-refractivity contribution in [2.75, 3.05) is 6.61 Å². The molecule has 1 aromatic carbocycles. The molecule has 204 valence electrons. The fourth-order valence-corrected chi connectivity index (χ4v) is 3.84. The van der Waals surface area contributed by atoms with Gasteiger partial charge in [-0.1, -0.05) is 30.3 Å². The third-order valence-corrected chi connectivity index (χ3v) is 5.95. The van der Waals surface area contributed by atoms with E-state index in [1.165, 1.54) is 26.1 Å². The molecule has 1 fully saturated rings. The number of carbonyl (C=O) groups excluding carboxylic acids is 5. The van der Waals surface area contributed by atoms with Gasteiger partial charge < -0.3 is 41.2 Å². The Morgan fingerprint density at radius 2 is 1.45 bits per heavy atom. The van der Waals surface area contributed by atoms with E-state index in [0.717, 1.165) is 0 Å². The molecule has 0 unspecified atom stereocenters. The fraction of sp³-hybridized carbons (Fsp3) is 0.400. The van der Waals surface area contributed by atoms with Gasteiger partial charge in [0.25, 0.3) is 0 Å². The number of esters is 1. The van der Waals surface area contributed by atoms with Gasteiger partial charge in [0.05, 0.1) is 12.7 Å². The van der Waals surface area contributed by atoms with Gasteiger partial charge in [-0.15, -0.1) is 0 Å². The van der Waals surface area contributed by atoms with Gasteiger partial charge in [-0.2, -0.15) is 0 Å². The van der Waals surface area contributed by atoms with Crippen LogP contribution in [0.2, 0.25) is 0 Å². The topological polar surface area (TPSA) is 199 Å². The zero-order valence-electron chi connectivity index (χ0n) is 20.8. The lowest BCUT2D eigenvalue weighted by atomic mass is 10.0. The van der Waals surface area contributed by atoms with Gasteiger partial charge in [-0.3, -0.25) is 19.2 Å². The highest BCUT2D eigenvalue weighted by Crippen LogP contribution is 2.10. The SMILES string of the molecule is C[C@H](O)[C@@H]1NC(=O)[C@H](Cc2ccccc2)NC(=O)[C@H](CO)NC(=O)[C@H]([C@H](C)OC(=O)c2ccc[nH]2)NC1=O. The van der Waals surface area contributed by atoms with E-state index in [4.69, 9.17) is 4.74 Å². The van der Waals surface area contributed by atoms with E-state index in [0.29, 0.717) is 5.56 Å². The standard InChI is InChI=1S/C25H31N5O8/c1-13(32)19-23(35)30-20(14(2)38-25(37)16-9-6-10-26-16)24(36)28-18(12-31)22(34)27-17(21(33)29-19)11-15-7-4-3-5-8-15/h3-10,13-14,17-20,26,31-32H,11-12H2,1-2H3,(H,27,34)(H,28,36)(H,29,33)(H,30,35)/t13-,14-,17-,18-,19-,20-/m0/s1. The number of carbonyl (C=O) groups is 5. The second-order valence-electron chi connectivity index (χ2n) is 8.90. The summed E-state index contributed by atoms with van der Waals surface area (Å²) in [6, 6.07) is 6.04. The highest BCUT2D eigenvalue weighted by molar-refractivity contribution is 5.98. The van der Waals surface area contributed by atoms with E-state index in [1.54, 1.807) is 36.4 Å². The van der Waals surface area contributed by atoms with Gasteiger partial charge >= 0.3 is 5.97 Å². The number of rotatable bonds is 7. The summed E-state index contributed by atoms with van der Waals surface area (Å²) in [6.45, 7) is 1.80. The van der Waals surface area contributed by atoms with Gasteiger partial charge in [0, 0.05) is 12.6 Å². The van der Waals surface area contributed by atoms with E-state index >= 15 is 0 Å². The molecule has 3 rings (SSSR count). The van der Waals surface area contributed by atoms with Crippen molar-refractivity contribution in [1.82, 2.24) is 26.3 Å². The molecule has 1 aromatic heterocycles. The van der Waals surface area contributed by atoms with Crippen LogP contribution in [0.5, 0.6) is 0 Å². The molecule has 0 aliphatic carbocycles. The molecule has 38 heavy (non-hydrogen) atoms. The van der Waals surface area contributed by atoms with Gasteiger partial charge in [0.1, 0.15) is 36.0 Å². The average Bonchev–Trinajstić information content (AvgIpc) is 3.43. The lowest BCUT2D eigenvalue weighted by molar-refractivity contribution is -0.140. The lowest BCUT2D eigenvalue weighted by Crippen LogP contribution is -2.65. The first-order valence-electron chi connectivity index (χ1n) is 12.0. The van der Waals surface area contributed by atoms with Crippen molar-refractivity contribution < 1.29 is 38.9 Å². The van der Waals surface area contributed by atoms with E-state index in [-0.39, 0.29) is 12.1 Å². The number of amides is 4. The Balaban J connectivity index is 1.90. The first-order valence-corrected chi connectivity index (χ1v) is 12.0. The van der Waals surface area contributed by atoms with E-state index < -0.39 is 72.6 Å². The quantitative estimate of drug-likeness (QED) is 0.202. The molecule has 6 atom stereocenters. The number of benzene rings is 1.